The molecule has 1 saturated heterocycles. The molecule has 0 radical (unpaired) electrons. The maximum atomic E-state index is 11.3. The number of rotatable bonds is 2. The van der Waals surface area contributed by atoms with Gasteiger partial charge >= 0.3 is 0 Å². The van der Waals surface area contributed by atoms with E-state index in [0.717, 1.165) is 19.4 Å². The Hall–Kier alpha value is -0.830. The van der Waals surface area contributed by atoms with E-state index in [1.165, 1.54) is 6.08 Å². The first kappa shape index (κ1) is 9.26. The topological polar surface area (TPSA) is 40.5 Å². The summed E-state index contributed by atoms with van der Waals surface area (Å²) in [5.41, 5.74) is -0.356. The van der Waals surface area contributed by atoms with Crippen LogP contribution >= 0.6 is 0 Å². The highest BCUT2D eigenvalue weighted by molar-refractivity contribution is 5.87. The van der Waals surface area contributed by atoms with Crippen LogP contribution in [-0.2, 0) is 4.79 Å². The molecule has 12 heavy (non-hydrogen) atoms. The molecule has 0 saturated carbocycles. The lowest BCUT2D eigenvalue weighted by Crippen LogP contribution is -2.46. The van der Waals surface area contributed by atoms with Crippen LogP contribution in [0.4, 0.5) is 0 Å². The van der Waals surface area contributed by atoms with Crippen LogP contribution in [0.3, 0.4) is 0 Å². The zero-order valence-corrected chi connectivity index (χ0v) is 7.42. The van der Waals surface area contributed by atoms with Gasteiger partial charge in [-0.2, -0.15) is 0 Å². The van der Waals surface area contributed by atoms with Gasteiger partial charge < -0.3 is 10.0 Å². The van der Waals surface area contributed by atoms with Gasteiger partial charge in [-0.1, -0.05) is 6.58 Å². The molecule has 1 rings (SSSR count). The fourth-order valence-corrected chi connectivity index (χ4v) is 1.67. The number of hydrogen-bond acceptors (Lipinski definition) is 2. The first-order valence-electron chi connectivity index (χ1n) is 4.19. The highest BCUT2D eigenvalue weighted by Crippen LogP contribution is 2.28. The van der Waals surface area contributed by atoms with Gasteiger partial charge in [0.15, 0.2) is 0 Å². The molecule has 0 aliphatic carbocycles. The number of carbonyl (C=O) groups is 1. The van der Waals surface area contributed by atoms with E-state index in [1.807, 2.05) is 6.92 Å². The summed E-state index contributed by atoms with van der Waals surface area (Å²) in [6, 6.07) is 0. The average molecular weight is 169 g/mol. The van der Waals surface area contributed by atoms with Crippen molar-refractivity contribution in [2.24, 2.45) is 0 Å². The fourth-order valence-electron chi connectivity index (χ4n) is 1.67. The Morgan fingerprint density at radius 2 is 2.50 bits per heavy atom. The summed E-state index contributed by atoms with van der Waals surface area (Å²) in [5.74, 6) is -0.0796. The number of hydrogen-bond donors (Lipinski definition) is 1. The SMILES string of the molecule is C=CC(=O)N1CCC[C@@]1(C)CO. The summed E-state index contributed by atoms with van der Waals surface area (Å²) in [5, 5.41) is 9.11. The molecule has 3 nitrogen and oxygen atoms in total. The second-order valence-corrected chi connectivity index (χ2v) is 3.45. The van der Waals surface area contributed by atoms with Crippen molar-refractivity contribution in [1.82, 2.24) is 4.90 Å². The third-order valence-corrected chi connectivity index (χ3v) is 2.53. The smallest absolute Gasteiger partial charge is 0.246 e. The van der Waals surface area contributed by atoms with E-state index in [1.54, 1.807) is 4.90 Å². The monoisotopic (exact) mass is 169 g/mol. The molecule has 1 heterocycles. The highest BCUT2D eigenvalue weighted by Gasteiger charge is 2.37. The van der Waals surface area contributed by atoms with Crippen molar-refractivity contribution in [2.45, 2.75) is 25.3 Å². The number of likely N-dealkylation sites (tertiary alicyclic amines) is 1. The molecule has 68 valence electrons. The zero-order chi connectivity index (χ0) is 9.19. The molecule has 0 unspecified atom stereocenters. The minimum Gasteiger partial charge on any atom is -0.394 e. The van der Waals surface area contributed by atoms with Gasteiger partial charge in [-0.3, -0.25) is 4.79 Å². The van der Waals surface area contributed by atoms with Crippen LogP contribution < -0.4 is 0 Å². The molecular formula is C9H15NO2. The highest BCUT2D eigenvalue weighted by atomic mass is 16.3. The van der Waals surface area contributed by atoms with Crippen LogP contribution in [0.5, 0.6) is 0 Å². The Kier molecular flexibility index (Phi) is 2.52. The molecule has 3 heteroatoms. The first-order valence-corrected chi connectivity index (χ1v) is 4.19. The molecule has 0 aromatic heterocycles. The van der Waals surface area contributed by atoms with Gasteiger partial charge in [0.05, 0.1) is 12.1 Å². The summed E-state index contributed by atoms with van der Waals surface area (Å²) in [7, 11) is 0. The molecule has 1 aliphatic heterocycles. The van der Waals surface area contributed by atoms with E-state index in [0.29, 0.717) is 0 Å². The largest absolute Gasteiger partial charge is 0.394 e. The zero-order valence-electron chi connectivity index (χ0n) is 7.42. The van der Waals surface area contributed by atoms with E-state index in [2.05, 4.69) is 6.58 Å². The summed E-state index contributed by atoms with van der Waals surface area (Å²) in [6.07, 6.45) is 3.15. The van der Waals surface area contributed by atoms with Crippen molar-refractivity contribution in [2.75, 3.05) is 13.2 Å². The molecular weight excluding hydrogens is 154 g/mol. The van der Waals surface area contributed by atoms with Crippen LogP contribution in [0.1, 0.15) is 19.8 Å². The maximum Gasteiger partial charge on any atom is 0.246 e. The Bertz CT molecular complexity index is 203. The van der Waals surface area contributed by atoms with E-state index in [4.69, 9.17) is 5.11 Å². The Labute approximate surface area is 72.7 Å². The molecule has 0 bridgehead atoms. The van der Waals surface area contributed by atoms with E-state index in [9.17, 15) is 4.79 Å². The van der Waals surface area contributed by atoms with Crippen LogP contribution in [0, 0.1) is 0 Å². The molecule has 1 amide bonds. The molecule has 0 spiro atoms. The fraction of sp³-hybridized carbons (Fsp3) is 0.667. The van der Waals surface area contributed by atoms with Crippen molar-refractivity contribution in [3.63, 3.8) is 0 Å². The Balaban J connectivity index is 2.76. The maximum absolute atomic E-state index is 11.3. The molecule has 0 aromatic rings. The number of aliphatic hydroxyl groups excluding tert-OH is 1. The van der Waals surface area contributed by atoms with Crippen molar-refractivity contribution < 1.29 is 9.90 Å². The minimum absolute atomic E-state index is 0.0343. The predicted molar refractivity (Wildman–Crippen MR) is 46.6 cm³/mol. The second-order valence-electron chi connectivity index (χ2n) is 3.45. The van der Waals surface area contributed by atoms with Gasteiger partial charge in [0.2, 0.25) is 5.91 Å². The lowest BCUT2D eigenvalue weighted by molar-refractivity contribution is -0.130. The van der Waals surface area contributed by atoms with Crippen LogP contribution in [0.2, 0.25) is 0 Å². The van der Waals surface area contributed by atoms with Gasteiger partial charge in [0, 0.05) is 6.54 Å². The molecule has 0 aromatic carbocycles. The van der Waals surface area contributed by atoms with Gasteiger partial charge in [-0.05, 0) is 25.8 Å². The lowest BCUT2D eigenvalue weighted by atomic mass is 10.0. The van der Waals surface area contributed by atoms with E-state index in [-0.39, 0.29) is 18.1 Å². The van der Waals surface area contributed by atoms with Crippen molar-refractivity contribution in [3.05, 3.63) is 12.7 Å². The first-order chi connectivity index (χ1) is 5.64. The number of carbonyl (C=O) groups excluding carboxylic acids is 1. The normalized spacial score (nSPS) is 29.0. The lowest BCUT2D eigenvalue weighted by Gasteiger charge is -2.32. The third-order valence-electron chi connectivity index (χ3n) is 2.53. The van der Waals surface area contributed by atoms with Crippen molar-refractivity contribution in [3.8, 4) is 0 Å². The van der Waals surface area contributed by atoms with Gasteiger partial charge in [0.25, 0.3) is 0 Å². The van der Waals surface area contributed by atoms with Gasteiger partial charge in [0.1, 0.15) is 0 Å². The molecule has 1 atom stereocenters. The van der Waals surface area contributed by atoms with Crippen LogP contribution in [-0.4, -0.2) is 34.6 Å². The van der Waals surface area contributed by atoms with Crippen LogP contribution in [0.25, 0.3) is 0 Å². The van der Waals surface area contributed by atoms with E-state index >= 15 is 0 Å². The van der Waals surface area contributed by atoms with Gasteiger partial charge in [-0.15, -0.1) is 0 Å². The standard InChI is InChI=1S/C9H15NO2/c1-3-8(12)10-6-4-5-9(10,2)7-11/h3,11H,1,4-7H2,2H3/t9-/m0/s1. The van der Waals surface area contributed by atoms with E-state index < -0.39 is 0 Å². The molecule has 1 aliphatic rings. The summed E-state index contributed by atoms with van der Waals surface area (Å²) >= 11 is 0. The Morgan fingerprint density at radius 1 is 1.83 bits per heavy atom. The van der Waals surface area contributed by atoms with Crippen molar-refractivity contribution >= 4 is 5.91 Å². The second kappa shape index (κ2) is 3.27. The van der Waals surface area contributed by atoms with Crippen molar-refractivity contribution in [1.29, 1.82) is 0 Å². The third kappa shape index (κ3) is 1.37. The number of aliphatic hydroxyl groups is 1. The Morgan fingerprint density at radius 3 is 3.00 bits per heavy atom. The van der Waals surface area contributed by atoms with Gasteiger partial charge in [-0.25, -0.2) is 0 Å². The number of amides is 1. The quantitative estimate of drug-likeness (QED) is 0.613. The van der Waals surface area contributed by atoms with Crippen LogP contribution in [0.15, 0.2) is 12.7 Å². The minimum atomic E-state index is -0.356. The molecule has 1 fully saturated rings. The summed E-state index contributed by atoms with van der Waals surface area (Å²) in [6.45, 7) is 6.11. The summed E-state index contributed by atoms with van der Waals surface area (Å²) < 4.78 is 0. The number of nitrogens with zero attached hydrogens (tertiary/aromatic N) is 1. The predicted octanol–water partition coefficient (Wildman–Crippen LogP) is 0.546. The average Bonchev–Trinajstić information content (AvgIpc) is 2.47. The molecule has 1 N–H and O–H groups in total. The summed E-state index contributed by atoms with van der Waals surface area (Å²) in [4.78, 5) is 13.0.